The van der Waals surface area contributed by atoms with E-state index in [9.17, 15) is 8.42 Å². The Morgan fingerprint density at radius 1 is 1.10 bits per heavy atom. The second-order valence-electron chi connectivity index (χ2n) is 6.38. The van der Waals surface area contributed by atoms with Crippen molar-refractivity contribution in [2.24, 2.45) is 0 Å². The van der Waals surface area contributed by atoms with E-state index in [-0.39, 0.29) is 17.3 Å². The molecule has 0 aliphatic carbocycles. The highest BCUT2D eigenvalue weighted by Gasteiger charge is 2.20. The predicted molar refractivity (Wildman–Crippen MR) is 107 cm³/mol. The lowest BCUT2D eigenvalue weighted by molar-refractivity contribution is 0.340. The molecular formula is C20H23N3O5S. The number of methoxy groups -OCH3 is 1. The van der Waals surface area contributed by atoms with E-state index in [2.05, 4.69) is 14.9 Å². The lowest BCUT2D eigenvalue weighted by atomic mass is 10.1. The van der Waals surface area contributed by atoms with E-state index in [1.54, 1.807) is 33.1 Å². The van der Waals surface area contributed by atoms with Crippen molar-refractivity contribution in [3.63, 3.8) is 0 Å². The molecule has 3 rings (SSSR count). The van der Waals surface area contributed by atoms with E-state index >= 15 is 0 Å². The van der Waals surface area contributed by atoms with Crippen molar-refractivity contribution in [2.75, 3.05) is 13.7 Å². The fraction of sp³-hybridized carbons (Fsp3) is 0.300. The highest BCUT2D eigenvalue weighted by atomic mass is 32.2. The molecule has 0 fully saturated rings. The minimum Gasteiger partial charge on any atom is -0.496 e. The summed E-state index contributed by atoms with van der Waals surface area (Å²) in [5.74, 6) is 1.93. The Morgan fingerprint density at radius 2 is 1.83 bits per heavy atom. The molecule has 0 unspecified atom stereocenters. The molecule has 0 saturated heterocycles. The molecule has 8 nitrogen and oxygen atoms in total. The molecule has 0 saturated carbocycles. The van der Waals surface area contributed by atoms with Gasteiger partial charge in [-0.25, -0.2) is 13.1 Å². The zero-order valence-electron chi connectivity index (χ0n) is 16.7. The minimum atomic E-state index is -3.75. The van der Waals surface area contributed by atoms with Crippen LogP contribution in [0, 0.1) is 13.8 Å². The number of benzene rings is 2. The highest BCUT2D eigenvalue weighted by Crippen LogP contribution is 2.26. The number of hydrogen-bond donors (Lipinski definition) is 1. The number of hydrogen-bond acceptors (Lipinski definition) is 7. The Balaban J connectivity index is 1.72. The van der Waals surface area contributed by atoms with E-state index in [1.165, 1.54) is 0 Å². The van der Waals surface area contributed by atoms with Crippen LogP contribution in [0.15, 0.2) is 45.8 Å². The third kappa shape index (κ3) is 4.75. The van der Waals surface area contributed by atoms with Crippen LogP contribution in [-0.2, 0) is 16.6 Å². The van der Waals surface area contributed by atoms with Gasteiger partial charge in [-0.15, -0.1) is 0 Å². The van der Waals surface area contributed by atoms with Crippen molar-refractivity contribution in [3.05, 3.63) is 53.4 Å². The fourth-order valence-corrected chi connectivity index (χ4v) is 4.10. The first-order valence-electron chi connectivity index (χ1n) is 9.04. The highest BCUT2D eigenvalue weighted by molar-refractivity contribution is 7.89. The molecule has 0 spiro atoms. The van der Waals surface area contributed by atoms with Crippen molar-refractivity contribution in [1.29, 1.82) is 0 Å². The summed E-state index contributed by atoms with van der Waals surface area (Å²) in [6.45, 7) is 5.89. The van der Waals surface area contributed by atoms with Crippen molar-refractivity contribution < 1.29 is 22.4 Å². The number of aryl methyl sites for hydroxylation is 2. The molecule has 0 atom stereocenters. The number of nitrogens with zero attached hydrogens (tertiary/aromatic N) is 2. The Labute approximate surface area is 169 Å². The van der Waals surface area contributed by atoms with Gasteiger partial charge in [-0.3, -0.25) is 0 Å². The molecular weight excluding hydrogens is 394 g/mol. The molecule has 0 aliphatic rings. The SMILES string of the molecule is CCOc1ccc(-c2noc(CNS(=O)(=O)c3cc(C)c(OC)cc3C)n2)cc1. The monoisotopic (exact) mass is 417 g/mol. The summed E-state index contributed by atoms with van der Waals surface area (Å²) in [4.78, 5) is 4.44. The molecule has 1 N–H and O–H groups in total. The molecule has 3 aromatic rings. The molecule has 0 radical (unpaired) electrons. The molecule has 29 heavy (non-hydrogen) atoms. The first-order chi connectivity index (χ1) is 13.8. The van der Waals surface area contributed by atoms with E-state index in [4.69, 9.17) is 14.0 Å². The summed E-state index contributed by atoms with van der Waals surface area (Å²) >= 11 is 0. The summed E-state index contributed by atoms with van der Waals surface area (Å²) < 4.78 is 43.7. The zero-order chi connectivity index (χ0) is 21.0. The number of nitrogens with one attached hydrogen (secondary N) is 1. The lowest BCUT2D eigenvalue weighted by Crippen LogP contribution is -2.24. The second-order valence-corrected chi connectivity index (χ2v) is 8.12. The number of rotatable bonds is 8. The maximum atomic E-state index is 12.7. The average molecular weight is 417 g/mol. The van der Waals surface area contributed by atoms with Crippen molar-refractivity contribution in [3.8, 4) is 22.9 Å². The molecule has 0 aliphatic heterocycles. The van der Waals surface area contributed by atoms with Crippen LogP contribution in [0.3, 0.4) is 0 Å². The smallest absolute Gasteiger partial charge is 0.242 e. The van der Waals surface area contributed by atoms with E-state index in [0.29, 0.717) is 23.7 Å². The predicted octanol–water partition coefficient (Wildman–Crippen LogP) is 3.24. The maximum absolute atomic E-state index is 12.7. The van der Waals surface area contributed by atoms with Gasteiger partial charge in [-0.05, 0) is 68.3 Å². The molecule has 9 heteroatoms. The Hall–Kier alpha value is -2.91. The zero-order valence-corrected chi connectivity index (χ0v) is 17.5. The van der Waals surface area contributed by atoms with Crippen molar-refractivity contribution >= 4 is 10.0 Å². The van der Waals surface area contributed by atoms with E-state index in [1.807, 2.05) is 31.2 Å². The first kappa shape index (κ1) is 20.8. The number of sulfonamides is 1. The third-order valence-electron chi connectivity index (χ3n) is 4.29. The average Bonchev–Trinajstić information content (AvgIpc) is 3.18. The Bertz CT molecular complexity index is 1090. The van der Waals surface area contributed by atoms with Gasteiger partial charge < -0.3 is 14.0 Å². The van der Waals surface area contributed by atoms with Gasteiger partial charge in [0.1, 0.15) is 11.5 Å². The van der Waals surface area contributed by atoms with Crippen LogP contribution >= 0.6 is 0 Å². The second kappa shape index (κ2) is 8.62. The van der Waals surface area contributed by atoms with Crippen LogP contribution in [0.25, 0.3) is 11.4 Å². The van der Waals surface area contributed by atoms with Crippen LogP contribution in [0.5, 0.6) is 11.5 Å². The van der Waals surface area contributed by atoms with Gasteiger partial charge in [0.2, 0.25) is 21.7 Å². The van der Waals surface area contributed by atoms with Gasteiger partial charge in [0.15, 0.2) is 0 Å². The summed E-state index contributed by atoms with van der Waals surface area (Å²) in [7, 11) is -2.21. The number of aromatic nitrogens is 2. The topological polar surface area (TPSA) is 104 Å². The fourth-order valence-electron chi connectivity index (χ4n) is 2.82. The van der Waals surface area contributed by atoms with Crippen molar-refractivity contribution in [1.82, 2.24) is 14.9 Å². The minimum absolute atomic E-state index is 0.114. The number of ether oxygens (including phenoxy) is 2. The lowest BCUT2D eigenvalue weighted by Gasteiger charge is -2.12. The third-order valence-corrected chi connectivity index (χ3v) is 5.83. The summed E-state index contributed by atoms with van der Waals surface area (Å²) in [5.41, 5.74) is 2.06. The van der Waals surface area contributed by atoms with Gasteiger partial charge in [0, 0.05) is 5.56 Å². The molecule has 1 aromatic heterocycles. The molecule has 154 valence electrons. The van der Waals surface area contributed by atoms with Gasteiger partial charge in [0.25, 0.3) is 0 Å². The largest absolute Gasteiger partial charge is 0.496 e. The van der Waals surface area contributed by atoms with Crippen LogP contribution in [0.1, 0.15) is 23.9 Å². The quantitative estimate of drug-likeness (QED) is 0.600. The molecule has 0 bridgehead atoms. The van der Waals surface area contributed by atoms with E-state index < -0.39 is 10.0 Å². The molecule has 2 aromatic carbocycles. The van der Waals surface area contributed by atoms with Gasteiger partial charge in [0.05, 0.1) is 25.2 Å². The van der Waals surface area contributed by atoms with Crippen LogP contribution in [-0.4, -0.2) is 32.3 Å². The summed E-state index contributed by atoms with van der Waals surface area (Å²) in [5, 5.41) is 3.91. The van der Waals surface area contributed by atoms with Crippen molar-refractivity contribution in [2.45, 2.75) is 32.2 Å². The summed E-state index contributed by atoms with van der Waals surface area (Å²) in [6, 6.07) is 10.5. The normalized spacial score (nSPS) is 11.4. The Morgan fingerprint density at radius 3 is 2.48 bits per heavy atom. The van der Waals surface area contributed by atoms with Gasteiger partial charge in [-0.2, -0.15) is 4.98 Å². The molecule has 1 heterocycles. The standard InChI is InChI=1S/C20H23N3O5S/c1-5-27-16-8-6-15(7-9-16)20-22-19(28-23-20)12-21-29(24,25)18-11-13(2)17(26-4)10-14(18)3/h6-11,21H,5,12H2,1-4H3. The van der Waals surface area contributed by atoms with Gasteiger partial charge >= 0.3 is 0 Å². The van der Waals surface area contributed by atoms with Crippen LogP contribution in [0.4, 0.5) is 0 Å². The van der Waals surface area contributed by atoms with Gasteiger partial charge in [-0.1, -0.05) is 5.16 Å². The van der Waals surface area contributed by atoms with Crippen LogP contribution in [0.2, 0.25) is 0 Å². The Kier molecular flexibility index (Phi) is 6.19. The van der Waals surface area contributed by atoms with Crippen LogP contribution < -0.4 is 14.2 Å². The first-order valence-corrected chi connectivity index (χ1v) is 10.5. The van der Waals surface area contributed by atoms with E-state index in [0.717, 1.165) is 16.9 Å². The maximum Gasteiger partial charge on any atom is 0.242 e. The molecule has 0 amide bonds. The summed E-state index contributed by atoms with van der Waals surface area (Å²) in [6.07, 6.45) is 0.